The van der Waals surface area contributed by atoms with Crippen LogP contribution in [0, 0.1) is 13.0 Å². The van der Waals surface area contributed by atoms with Gasteiger partial charge in [-0.05, 0) is 65.9 Å². The van der Waals surface area contributed by atoms with Crippen molar-refractivity contribution >= 4 is 15.9 Å². The standard InChI is InChI=1S/C17H13BrF5/c1-3-11-5-6-12(16(19,20)17(21,22)23)8-15(11)14-9-13(18)7-4-10(14)2/h4,6-9H,3H2,1-2H3. The second-order valence-corrected chi connectivity index (χ2v) is 6.08. The summed E-state index contributed by atoms with van der Waals surface area (Å²) in [6.07, 6.45) is -5.17. The molecule has 0 aliphatic rings. The smallest absolute Gasteiger partial charge is 0.191 e. The molecule has 2 aromatic carbocycles. The Bertz CT molecular complexity index is 719. The van der Waals surface area contributed by atoms with Gasteiger partial charge in [-0.1, -0.05) is 28.9 Å². The molecule has 1 radical (unpaired) electrons. The third-order valence-corrected chi connectivity index (χ3v) is 4.08. The van der Waals surface area contributed by atoms with Gasteiger partial charge in [0.1, 0.15) is 0 Å². The molecule has 0 nitrogen and oxygen atoms in total. The molecular formula is C17H13BrF5. The average molecular weight is 392 g/mol. The highest BCUT2D eigenvalue weighted by Crippen LogP contribution is 2.45. The summed E-state index contributed by atoms with van der Waals surface area (Å²) in [6.45, 7) is 3.57. The molecule has 123 valence electrons. The molecular weight excluding hydrogens is 379 g/mol. The average Bonchev–Trinajstić information content (AvgIpc) is 2.48. The molecule has 0 aliphatic carbocycles. The van der Waals surface area contributed by atoms with Crippen LogP contribution in [-0.4, -0.2) is 6.18 Å². The van der Waals surface area contributed by atoms with Crippen molar-refractivity contribution in [2.75, 3.05) is 0 Å². The highest BCUT2D eigenvalue weighted by Gasteiger charge is 2.58. The number of hydrogen-bond acceptors (Lipinski definition) is 0. The zero-order valence-corrected chi connectivity index (χ0v) is 13.9. The van der Waals surface area contributed by atoms with E-state index in [1.165, 1.54) is 0 Å². The van der Waals surface area contributed by atoms with Crippen LogP contribution < -0.4 is 0 Å². The van der Waals surface area contributed by atoms with Crippen LogP contribution in [0.2, 0.25) is 0 Å². The topological polar surface area (TPSA) is 0 Å². The number of benzene rings is 2. The van der Waals surface area contributed by atoms with Crippen molar-refractivity contribution in [3.8, 4) is 11.1 Å². The van der Waals surface area contributed by atoms with E-state index >= 15 is 0 Å². The first-order valence-corrected chi connectivity index (χ1v) is 7.63. The fourth-order valence-electron chi connectivity index (χ4n) is 2.29. The summed E-state index contributed by atoms with van der Waals surface area (Å²) >= 11 is 3.29. The predicted octanol–water partition coefficient (Wildman–Crippen LogP) is 6.44. The van der Waals surface area contributed by atoms with Gasteiger partial charge in [-0.2, -0.15) is 22.0 Å². The third-order valence-electron chi connectivity index (χ3n) is 3.59. The van der Waals surface area contributed by atoms with E-state index in [0.29, 0.717) is 27.6 Å². The minimum absolute atomic E-state index is 0.340. The maximum absolute atomic E-state index is 13.6. The minimum atomic E-state index is -5.64. The Labute approximate surface area is 139 Å². The number of halogens is 6. The molecule has 0 fully saturated rings. The van der Waals surface area contributed by atoms with Gasteiger partial charge in [0, 0.05) is 10.0 Å². The molecule has 0 aromatic heterocycles. The Morgan fingerprint density at radius 2 is 1.70 bits per heavy atom. The Hall–Kier alpha value is -1.43. The predicted molar refractivity (Wildman–Crippen MR) is 82.5 cm³/mol. The van der Waals surface area contributed by atoms with Crippen molar-refractivity contribution < 1.29 is 22.0 Å². The van der Waals surface area contributed by atoms with Gasteiger partial charge in [0.05, 0.1) is 0 Å². The van der Waals surface area contributed by atoms with Crippen LogP contribution in [0.3, 0.4) is 0 Å². The van der Waals surface area contributed by atoms with Crippen molar-refractivity contribution in [3.05, 3.63) is 57.6 Å². The molecule has 23 heavy (non-hydrogen) atoms. The molecule has 0 saturated carbocycles. The van der Waals surface area contributed by atoms with E-state index in [1.54, 1.807) is 32.0 Å². The van der Waals surface area contributed by atoms with Crippen LogP contribution in [0.5, 0.6) is 0 Å². The molecule has 0 saturated heterocycles. The van der Waals surface area contributed by atoms with E-state index in [-0.39, 0.29) is 0 Å². The molecule has 0 aliphatic heterocycles. The van der Waals surface area contributed by atoms with Crippen LogP contribution >= 0.6 is 15.9 Å². The van der Waals surface area contributed by atoms with Crippen molar-refractivity contribution in [1.82, 2.24) is 0 Å². The summed E-state index contributed by atoms with van der Waals surface area (Å²) in [4.78, 5) is 0. The molecule has 0 unspecified atom stereocenters. The molecule has 0 spiro atoms. The van der Waals surface area contributed by atoms with Crippen molar-refractivity contribution in [2.45, 2.75) is 32.4 Å². The lowest BCUT2D eigenvalue weighted by Gasteiger charge is -2.21. The molecule has 2 rings (SSSR count). The minimum Gasteiger partial charge on any atom is -0.191 e. The molecule has 0 heterocycles. The van der Waals surface area contributed by atoms with Gasteiger partial charge < -0.3 is 0 Å². The van der Waals surface area contributed by atoms with E-state index in [0.717, 1.165) is 17.7 Å². The van der Waals surface area contributed by atoms with Crippen molar-refractivity contribution in [3.63, 3.8) is 0 Å². The van der Waals surface area contributed by atoms with Gasteiger partial charge in [0.15, 0.2) is 0 Å². The zero-order chi connectivity index (χ0) is 17.4. The van der Waals surface area contributed by atoms with E-state index < -0.39 is 17.7 Å². The van der Waals surface area contributed by atoms with E-state index in [9.17, 15) is 22.0 Å². The van der Waals surface area contributed by atoms with Gasteiger partial charge >= 0.3 is 12.1 Å². The van der Waals surface area contributed by atoms with Gasteiger partial charge in [-0.25, -0.2) is 0 Å². The van der Waals surface area contributed by atoms with Gasteiger partial charge in [-0.15, -0.1) is 0 Å². The number of aryl methyl sites for hydroxylation is 2. The molecule has 6 heteroatoms. The fourth-order valence-corrected chi connectivity index (χ4v) is 2.65. The first-order valence-electron chi connectivity index (χ1n) is 6.84. The maximum atomic E-state index is 13.6. The van der Waals surface area contributed by atoms with E-state index in [2.05, 4.69) is 22.0 Å². The van der Waals surface area contributed by atoms with Crippen molar-refractivity contribution in [1.29, 1.82) is 0 Å². The largest absolute Gasteiger partial charge is 0.458 e. The highest BCUT2D eigenvalue weighted by molar-refractivity contribution is 9.10. The first-order chi connectivity index (χ1) is 10.6. The lowest BCUT2D eigenvalue weighted by molar-refractivity contribution is -0.289. The van der Waals surface area contributed by atoms with Crippen LogP contribution in [-0.2, 0) is 12.3 Å². The maximum Gasteiger partial charge on any atom is 0.458 e. The van der Waals surface area contributed by atoms with E-state index in [4.69, 9.17) is 0 Å². The number of hydrogen-bond donors (Lipinski definition) is 0. The normalized spacial score (nSPS) is 12.5. The second-order valence-electron chi connectivity index (χ2n) is 5.17. The summed E-state index contributed by atoms with van der Waals surface area (Å²) in [6, 6.07) is 9.48. The highest BCUT2D eigenvalue weighted by atomic mass is 79.9. The second kappa shape index (κ2) is 6.23. The van der Waals surface area contributed by atoms with Crippen LogP contribution in [0.1, 0.15) is 23.6 Å². The summed E-state index contributed by atoms with van der Waals surface area (Å²) in [5, 5.41) is 0. The monoisotopic (exact) mass is 391 g/mol. The van der Waals surface area contributed by atoms with Crippen LogP contribution in [0.15, 0.2) is 34.8 Å². The van der Waals surface area contributed by atoms with E-state index in [1.807, 2.05) is 0 Å². The Kier molecular flexibility index (Phi) is 4.85. The third kappa shape index (κ3) is 3.42. The summed E-state index contributed by atoms with van der Waals surface area (Å²) in [7, 11) is 0. The van der Waals surface area contributed by atoms with Crippen LogP contribution in [0.25, 0.3) is 11.1 Å². The summed E-state index contributed by atoms with van der Waals surface area (Å²) < 4.78 is 65.8. The zero-order valence-electron chi connectivity index (χ0n) is 12.4. The number of rotatable bonds is 3. The summed E-state index contributed by atoms with van der Waals surface area (Å²) in [5.41, 5.74) is 1.22. The Balaban J connectivity index is 2.68. The number of alkyl halides is 5. The Morgan fingerprint density at radius 1 is 1.04 bits per heavy atom. The molecule has 2 aromatic rings. The molecule has 0 N–H and O–H groups in total. The van der Waals surface area contributed by atoms with Crippen molar-refractivity contribution in [2.24, 2.45) is 0 Å². The molecule has 0 amide bonds. The SMILES string of the molecule is CCc1[c]cc(C(F)(F)C(F)(F)F)cc1-c1cc(Br)ccc1C. The first kappa shape index (κ1) is 17.9. The fraction of sp³-hybridized carbons (Fsp3) is 0.294. The molecule has 0 bridgehead atoms. The lowest BCUT2D eigenvalue weighted by atomic mass is 9.91. The molecule has 0 atom stereocenters. The van der Waals surface area contributed by atoms with Gasteiger partial charge in [-0.3, -0.25) is 0 Å². The van der Waals surface area contributed by atoms with Gasteiger partial charge in [0.25, 0.3) is 0 Å². The quantitative estimate of drug-likeness (QED) is 0.528. The lowest BCUT2D eigenvalue weighted by Crippen LogP contribution is -2.33. The van der Waals surface area contributed by atoms with Crippen LogP contribution in [0.4, 0.5) is 22.0 Å². The Morgan fingerprint density at radius 3 is 2.26 bits per heavy atom. The summed E-state index contributed by atoms with van der Waals surface area (Å²) in [5.74, 6) is -4.91. The van der Waals surface area contributed by atoms with Gasteiger partial charge in [0.2, 0.25) is 0 Å².